The number of likely N-dealkylation sites (tertiary alicyclic amines) is 1. The van der Waals surface area contributed by atoms with Crippen LogP contribution in [0.25, 0.3) is 0 Å². The van der Waals surface area contributed by atoms with Crippen LogP contribution in [0, 0.1) is 5.92 Å². The van der Waals surface area contributed by atoms with Gasteiger partial charge in [-0.1, -0.05) is 18.2 Å². The van der Waals surface area contributed by atoms with Crippen molar-refractivity contribution < 1.29 is 23.9 Å². The molecule has 8 heteroatoms. The highest BCUT2D eigenvalue weighted by molar-refractivity contribution is 6.00. The molecule has 5 rings (SSSR count). The SMILES string of the molecule is O=C(NC1CCN(C(=O)C2CC(=O)N(c3ccc4c(c3)OCCO4)C2)CC1)c1ccccc1. The molecule has 3 aliphatic rings. The molecule has 0 spiro atoms. The summed E-state index contributed by atoms with van der Waals surface area (Å²) in [5, 5.41) is 3.06. The largest absolute Gasteiger partial charge is 0.486 e. The van der Waals surface area contributed by atoms with Gasteiger partial charge in [0.15, 0.2) is 11.5 Å². The van der Waals surface area contributed by atoms with Gasteiger partial charge in [0.1, 0.15) is 13.2 Å². The van der Waals surface area contributed by atoms with Crippen molar-refractivity contribution in [2.24, 2.45) is 5.92 Å². The van der Waals surface area contributed by atoms with E-state index in [4.69, 9.17) is 9.47 Å². The fourth-order valence-electron chi connectivity index (χ4n) is 4.68. The molecule has 2 aromatic carbocycles. The predicted octanol–water partition coefficient (Wildman–Crippen LogP) is 2.23. The Morgan fingerprint density at radius 2 is 1.67 bits per heavy atom. The van der Waals surface area contributed by atoms with Crippen LogP contribution in [0.2, 0.25) is 0 Å². The summed E-state index contributed by atoms with van der Waals surface area (Å²) in [6.45, 7) is 2.51. The van der Waals surface area contributed by atoms with E-state index in [-0.39, 0.29) is 36.1 Å². The number of hydrogen-bond acceptors (Lipinski definition) is 5. The maximum Gasteiger partial charge on any atom is 0.251 e. The predicted molar refractivity (Wildman–Crippen MR) is 121 cm³/mol. The van der Waals surface area contributed by atoms with Gasteiger partial charge in [-0.25, -0.2) is 0 Å². The number of benzene rings is 2. The summed E-state index contributed by atoms with van der Waals surface area (Å²) in [6.07, 6.45) is 1.62. The third-order valence-electron chi connectivity index (χ3n) is 6.49. The zero-order valence-corrected chi connectivity index (χ0v) is 18.4. The van der Waals surface area contributed by atoms with Gasteiger partial charge >= 0.3 is 0 Å². The number of carbonyl (C=O) groups excluding carboxylic acids is 3. The van der Waals surface area contributed by atoms with Crippen molar-refractivity contribution in [3.63, 3.8) is 0 Å². The Hall–Kier alpha value is -3.55. The Labute approximate surface area is 192 Å². The lowest BCUT2D eigenvalue weighted by Gasteiger charge is -2.33. The van der Waals surface area contributed by atoms with Crippen molar-refractivity contribution in [3.8, 4) is 11.5 Å². The fraction of sp³-hybridized carbons (Fsp3) is 0.400. The van der Waals surface area contributed by atoms with Crippen LogP contribution in [0.15, 0.2) is 48.5 Å². The zero-order valence-electron chi connectivity index (χ0n) is 18.4. The number of fused-ring (bicyclic) bond motifs is 1. The molecule has 33 heavy (non-hydrogen) atoms. The number of rotatable bonds is 4. The van der Waals surface area contributed by atoms with Gasteiger partial charge in [-0.3, -0.25) is 14.4 Å². The second-order valence-electron chi connectivity index (χ2n) is 8.67. The van der Waals surface area contributed by atoms with Gasteiger partial charge in [0, 0.05) is 49.4 Å². The molecule has 0 aliphatic carbocycles. The Kier molecular flexibility index (Phi) is 5.90. The molecule has 3 amide bonds. The van der Waals surface area contributed by atoms with E-state index in [1.807, 2.05) is 29.2 Å². The highest BCUT2D eigenvalue weighted by atomic mass is 16.6. The zero-order chi connectivity index (χ0) is 22.8. The molecule has 2 aromatic rings. The van der Waals surface area contributed by atoms with Crippen LogP contribution in [0.4, 0.5) is 5.69 Å². The first-order valence-corrected chi connectivity index (χ1v) is 11.4. The summed E-state index contributed by atoms with van der Waals surface area (Å²) in [7, 11) is 0. The minimum Gasteiger partial charge on any atom is -0.486 e. The maximum atomic E-state index is 13.1. The van der Waals surface area contributed by atoms with E-state index in [1.165, 1.54) is 0 Å². The van der Waals surface area contributed by atoms with E-state index in [9.17, 15) is 14.4 Å². The molecule has 2 saturated heterocycles. The Balaban J connectivity index is 1.16. The van der Waals surface area contributed by atoms with E-state index in [1.54, 1.807) is 29.2 Å². The minimum atomic E-state index is -0.360. The minimum absolute atomic E-state index is 0.0104. The molecular weight excluding hydrogens is 422 g/mol. The van der Waals surface area contributed by atoms with Gasteiger partial charge in [-0.15, -0.1) is 0 Å². The molecule has 0 aromatic heterocycles. The summed E-state index contributed by atoms with van der Waals surface area (Å²) < 4.78 is 11.2. The number of nitrogens with one attached hydrogen (secondary N) is 1. The highest BCUT2D eigenvalue weighted by Gasteiger charge is 2.38. The van der Waals surface area contributed by atoms with Crippen LogP contribution in [-0.4, -0.2) is 61.5 Å². The van der Waals surface area contributed by atoms with Crippen molar-refractivity contribution in [1.29, 1.82) is 0 Å². The number of nitrogens with zero attached hydrogens (tertiary/aromatic N) is 2. The number of hydrogen-bond donors (Lipinski definition) is 1. The average Bonchev–Trinajstić information content (AvgIpc) is 3.26. The molecule has 1 atom stereocenters. The van der Waals surface area contributed by atoms with Crippen LogP contribution >= 0.6 is 0 Å². The molecule has 8 nitrogen and oxygen atoms in total. The van der Waals surface area contributed by atoms with Crippen LogP contribution in [0.1, 0.15) is 29.6 Å². The quantitative estimate of drug-likeness (QED) is 0.774. The topological polar surface area (TPSA) is 88.2 Å². The Morgan fingerprint density at radius 1 is 0.939 bits per heavy atom. The molecule has 2 fully saturated rings. The van der Waals surface area contributed by atoms with Gasteiger partial charge in [-0.05, 0) is 37.1 Å². The van der Waals surface area contributed by atoms with Crippen molar-refractivity contribution in [2.75, 3.05) is 37.7 Å². The summed E-state index contributed by atoms with van der Waals surface area (Å²) in [5.74, 6) is 0.803. The number of anilines is 1. The van der Waals surface area contributed by atoms with Crippen molar-refractivity contribution in [2.45, 2.75) is 25.3 Å². The van der Waals surface area contributed by atoms with Crippen molar-refractivity contribution in [3.05, 3.63) is 54.1 Å². The Bertz CT molecular complexity index is 1050. The number of amides is 3. The second-order valence-corrected chi connectivity index (χ2v) is 8.67. The van der Waals surface area contributed by atoms with E-state index in [0.29, 0.717) is 62.8 Å². The fourth-order valence-corrected chi connectivity index (χ4v) is 4.68. The van der Waals surface area contributed by atoms with E-state index in [0.717, 1.165) is 5.69 Å². The van der Waals surface area contributed by atoms with Crippen LogP contribution in [0.3, 0.4) is 0 Å². The summed E-state index contributed by atoms with van der Waals surface area (Å²) >= 11 is 0. The molecule has 1 N–H and O–H groups in total. The van der Waals surface area contributed by atoms with Crippen molar-refractivity contribution in [1.82, 2.24) is 10.2 Å². The lowest BCUT2D eigenvalue weighted by atomic mass is 10.0. The van der Waals surface area contributed by atoms with Gasteiger partial charge in [-0.2, -0.15) is 0 Å². The van der Waals surface area contributed by atoms with Gasteiger partial charge in [0.05, 0.1) is 5.92 Å². The number of carbonyl (C=O) groups is 3. The van der Waals surface area contributed by atoms with Crippen molar-refractivity contribution >= 4 is 23.4 Å². The summed E-state index contributed by atoms with van der Waals surface area (Å²) in [6, 6.07) is 14.6. The number of piperidine rings is 1. The first-order chi connectivity index (χ1) is 16.1. The van der Waals surface area contributed by atoms with Gasteiger partial charge in [0.2, 0.25) is 11.8 Å². The molecule has 3 heterocycles. The lowest BCUT2D eigenvalue weighted by molar-refractivity contribution is -0.136. The first kappa shape index (κ1) is 21.3. The van der Waals surface area contributed by atoms with Crippen LogP contribution in [0.5, 0.6) is 11.5 Å². The van der Waals surface area contributed by atoms with Crippen LogP contribution < -0.4 is 19.7 Å². The van der Waals surface area contributed by atoms with E-state index >= 15 is 0 Å². The lowest BCUT2D eigenvalue weighted by Crippen LogP contribution is -2.48. The summed E-state index contributed by atoms with van der Waals surface area (Å²) in [4.78, 5) is 41.7. The molecule has 3 aliphatic heterocycles. The second kappa shape index (κ2) is 9.13. The molecule has 172 valence electrons. The third kappa shape index (κ3) is 4.51. The Morgan fingerprint density at radius 3 is 2.42 bits per heavy atom. The normalized spacial score (nSPS) is 20.6. The first-order valence-electron chi connectivity index (χ1n) is 11.4. The highest BCUT2D eigenvalue weighted by Crippen LogP contribution is 2.36. The standard InChI is InChI=1S/C25H27N3O5/c29-23-14-18(16-28(23)20-6-7-21-22(15-20)33-13-12-32-21)25(31)27-10-8-19(9-11-27)26-24(30)17-4-2-1-3-5-17/h1-7,15,18-19H,8-14,16H2,(H,26,30). The smallest absolute Gasteiger partial charge is 0.251 e. The molecular formula is C25H27N3O5. The monoisotopic (exact) mass is 449 g/mol. The molecule has 0 radical (unpaired) electrons. The molecule has 0 bridgehead atoms. The summed E-state index contributed by atoms with van der Waals surface area (Å²) in [5.41, 5.74) is 1.36. The maximum absolute atomic E-state index is 13.1. The average molecular weight is 450 g/mol. The number of ether oxygens (including phenoxy) is 2. The third-order valence-corrected chi connectivity index (χ3v) is 6.49. The van der Waals surface area contributed by atoms with Gasteiger partial charge in [0.25, 0.3) is 5.91 Å². The van der Waals surface area contributed by atoms with E-state index < -0.39 is 0 Å². The molecule has 0 saturated carbocycles. The van der Waals surface area contributed by atoms with Crippen LogP contribution in [-0.2, 0) is 9.59 Å². The molecule has 1 unspecified atom stereocenters. The van der Waals surface area contributed by atoms with Gasteiger partial charge < -0.3 is 24.6 Å². The van der Waals surface area contributed by atoms with E-state index in [2.05, 4.69) is 5.32 Å².